The zero-order valence-electron chi connectivity index (χ0n) is 6.28. The predicted octanol–water partition coefficient (Wildman–Crippen LogP) is 2.04. The van der Waals surface area contributed by atoms with Crippen molar-refractivity contribution in [2.24, 2.45) is 0 Å². The van der Waals surface area contributed by atoms with E-state index in [4.69, 9.17) is 9.29 Å². The van der Waals surface area contributed by atoms with Crippen LogP contribution >= 0.6 is 15.9 Å². The molecule has 0 aromatic heterocycles. The SMILES string of the molecule is COc1ccc(Br)c(S(=O)O)c1. The molecule has 0 aliphatic rings. The molecule has 0 aliphatic heterocycles. The molecule has 1 aromatic carbocycles. The number of halogens is 1. The quantitative estimate of drug-likeness (QED) is 0.818. The third-order valence-corrected chi connectivity index (χ3v) is 2.99. The van der Waals surface area contributed by atoms with Crippen LogP contribution in [-0.4, -0.2) is 15.9 Å². The lowest BCUT2D eigenvalue weighted by molar-refractivity contribution is 0.413. The van der Waals surface area contributed by atoms with Crippen molar-refractivity contribution in [2.45, 2.75) is 4.90 Å². The van der Waals surface area contributed by atoms with Gasteiger partial charge in [-0.3, -0.25) is 0 Å². The molecular formula is C7H7BrO3S. The van der Waals surface area contributed by atoms with Crippen molar-refractivity contribution in [3.05, 3.63) is 22.7 Å². The molecule has 0 bridgehead atoms. The van der Waals surface area contributed by atoms with E-state index in [1.54, 1.807) is 12.1 Å². The molecule has 0 saturated heterocycles. The fraction of sp³-hybridized carbons (Fsp3) is 0.143. The third kappa shape index (κ3) is 2.06. The summed E-state index contributed by atoms with van der Waals surface area (Å²) >= 11 is 1.17. The van der Waals surface area contributed by atoms with Gasteiger partial charge in [0.1, 0.15) is 5.75 Å². The second-order valence-electron chi connectivity index (χ2n) is 2.05. The largest absolute Gasteiger partial charge is 0.497 e. The summed E-state index contributed by atoms with van der Waals surface area (Å²) in [7, 11) is 1.51. The van der Waals surface area contributed by atoms with Crippen LogP contribution in [0.5, 0.6) is 5.75 Å². The zero-order valence-corrected chi connectivity index (χ0v) is 8.68. The molecule has 5 heteroatoms. The molecule has 66 valence electrons. The van der Waals surface area contributed by atoms with Crippen molar-refractivity contribution in [1.82, 2.24) is 0 Å². The average Bonchev–Trinajstić information content (AvgIpc) is 2.05. The predicted molar refractivity (Wildman–Crippen MR) is 49.7 cm³/mol. The van der Waals surface area contributed by atoms with Gasteiger partial charge in [-0.15, -0.1) is 0 Å². The fourth-order valence-electron chi connectivity index (χ4n) is 0.744. The van der Waals surface area contributed by atoms with Gasteiger partial charge in [-0.05, 0) is 34.1 Å². The van der Waals surface area contributed by atoms with E-state index in [9.17, 15) is 4.21 Å². The van der Waals surface area contributed by atoms with Gasteiger partial charge in [0.25, 0.3) is 0 Å². The molecule has 0 saturated carbocycles. The zero-order chi connectivity index (χ0) is 9.14. The summed E-state index contributed by atoms with van der Waals surface area (Å²) in [5.41, 5.74) is 0. The summed E-state index contributed by atoms with van der Waals surface area (Å²) in [4.78, 5) is 0.314. The highest BCUT2D eigenvalue weighted by Gasteiger charge is 2.06. The topological polar surface area (TPSA) is 46.5 Å². The molecule has 0 heterocycles. The Labute approximate surface area is 81.2 Å². The number of hydrogen-bond acceptors (Lipinski definition) is 2. The lowest BCUT2D eigenvalue weighted by atomic mass is 10.3. The number of hydrogen-bond donors (Lipinski definition) is 1. The van der Waals surface area contributed by atoms with Crippen molar-refractivity contribution in [3.8, 4) is 5.75 Å². The van der Waals surface area contributed by atoms with Crippen molar-refractivity contribution in [2.75, 3.05) is 7.11 Å². The van der Waals surface area contributed by atoms with Gasteiger partial charge in [0.15, 0.2) is 11.1 Å². The van der Waals surface area contributed by atoms with Crippen molar-refractivity contribution >= 4 is 27.0 Å². The minimum absolute atomic E-state index is 0.314. The minimum Gasteiger partial charge on any atom is -0.497 e. The fourth-order valence-corrected chi connectivity index (χ4v) is 1.86. The van der Waals surface area contributed by atoms with Gasteiger partial charge in [-0.1, -0.05) is 0 Å². The molecule has 3 nitrogen and oxygen atoms in total. The molecule has 0 radical (unpaired) electrons. The first-order chi connectivity index (χ1) is 5.65. The lowest BCUT2D eigenvalue weighted by Crippen LogP contribution is -1.91. The summed E-state index contributed by atoms with van der Waals surface area (Å²) in [6, 6.07) is 4.89. The highest BCUT2D eigenvalue weighted by atomic mass is 79.9. The Balaban J connectivity index is 3.17. The molecule has 1 N–H and O–H groups in total. The monoisotopic (exact) mass is 250 g/mol. The molecule has 1 unspecified atom stereocenters. The van der Waals surface area contributed by atoms with Crippen LogP contribution < -0.4 is 4.74 Å². The normalized spacial score (nSPS) is 12.6. The molecular weight excluding hydrogens is 244 g/mol. The van der Waals surface area contributed by atoms with Crippen molar-refractivity contribution < 1.29 is 13.5 Å². The molecule has 0 fully saturated rings. The summed E-state index contributed by atoms with van der Waals surface area (Å²) in [6.45, 7) is 0. The Hall–Kier alpha value is -0.390. The Morgan fingerprint density at radius 1 is 1.58 bits per heavy atom. The standard InChI is InChI=1S/C7H7BrO3S/c1-11-5-2-3-6(8)7(4-5)12(9)10/h2-4H,1H3,(H,9,10). The summed E-state index contributed by atoms with van der Waals surface area (Å²) in [5, 5.41) is 0. The summed E-state index contributed by atoms with van der Waals surface area (Å²) < 4.78 is 25.0. The van der Waals surface area contributed by atoms with Crippen LogP contribution in [0.3, 0.4) is 0 Å². The van der Waals surface area contributed by atoms with Crippen LogP contribution in [0.25, 0.3) is 0 Å². The van der Waals surface area contributed by atoms with E-state index >= 15 is 0 Å². The van der Waals surface area contributed by atoms with Crippen LogP contribution in [0, 0.1) is 0 Å². The molecule has 1 aromatic rings. The van der Waals surface area contributed by atoms with Crippen LogP contribution in [0.1, 0.15) is 0 Å². The minimum atomic E-state index is -1.98. The maximum absolute atomic E-state index is 10.7. The van der Waals surface area contributed by atoms with Gasteiger partial charge in [-0.2, -0.15) is 0 Å². The van der Waals surface area contributed by atoms with E-state index in [2.05, 4.69) is 15.9 Å². The molecule has 0 spiro atoms. The van der Waals surface area contributed by atoms with E-state index in [1.165, 1.54) is 13.2 Å². The second-order valence-corrected chi connectivity index (χ2v) is 3.84. The lowest BCUT2D eigenvalue weighted by Gasteiger charge is -2.02. The first kappa shape index (κ1) is 9.70. The van der Waals surface area contributed by atoms with Gasteiger partial charge < -0.3 is 9.29 Å². The summed E-state index contributed by atoms with van der Waals surface area (Å²) in [6.07, 6.45) is 0. The van der Waals surface area contributed by atoms with E-state index in [1.807, 2.05) is 0 Å². The van der Waals surface area contributed by atoms with Crippen LogP contribution in [-0.2, 0) is 11.1 Å². The maximum atomic E-state index is 10.7. The van der Waals surface area contributed by atoms with Crippen molar-refractivity contribution in [3.63, 3.8) is 0 Å². The van der Waals surface area contributed by atoms with Crippen LogP contribution in [0.15, 0.2) is 27.6 Å². The smallest absolute Gasteiger partial charge is 0.187 e. The molecule has 12 heavy (non-hydrogen) atoms. The van der Waals surface area contributed by atoms with Gasteiger partial charge in [-0.25, -0.2) is 4.21 Å². The van der Waals surface area contributed by atoms with E-state index in [0.717, 1.165) is 0 Å². The Morgan fingerprint density at radius 3 is 2.75 bits per heavy atom. The molecule has 0 amide bonds. The number of methoxy groups -OCH3 is 1. The van der Waals surface area contributed by atoms with E-state index in [-0.39, 0.29) is 0 Å². The molecule has 1 atom stereocenters. The number of ether oxygens (including phenoxy) is 1. The van der Waals surface area contributed by atoms with Crippen molar-refractivity contribution in [1.29, 1.82) is 0 Å². The first-order valence-corrected chi connectivity index (χ1v) is 4.99. The third-order valence-electron chi connectivity index (χ3n) is 1.33. The average molecular weight is 251 g/mol. The molecule has 0 aliphatic carbocycles. The Bertz CT molecular complexity index is 314. The number of benzene rings is 1. The molecule has 1 rings (SSSR count). The first-order valence-electron chi connectivity index (χ1n) is 3.09. The number of rotatable bonds is 2. The van der Waals surface area contributed by atoms with Crippen LogP contribution in [0.4, 0.5) is 0 Å². The Morgan fingerprint density at radius 2 is 2.25 bits per heavy atom. The summed E-state index contributed by atoms with van der Waals surface area (Å²) in [5.74, 6) is 0.565. The van der Waals surface area contributed by atoms with Crippen LogP contribution in [0.2, 0.25) is 0 Å². The Kier molecular flexibility index (Phi) is 3.25. The highest BCUT2D eigenvalue weighted by Crippen LogP contribution is 2.24. The second kappa shape index (κ2) is 4.02. The van der Waals surface area contributed by atoms with Gasteiger partial charge in [0.2, 0.25) is 0 Å². The van der Waals surface area contributed by atoms with Gasteiger partial charge in [0, 0.05) is 4.47 Å². The van der Waals surface area contributed by atoms with Gasteiger partial charge >= 0.3 is 0 Å². The van der Waals surface area contributed by atoms with E-state index in [0.29, 0.717) is 15.1 Å². The van der Waals surface area contributed by atoms with Gasteiger partial charge in [0.05, 0.1) is 12.0 Å². The maximum Gasteiger partial charge on any atom is 0.187 e. The van der Waals surface area contributed by atoms with E-state index < -0.39 is 11.1 Å². The highest BCUT2D eigenvalue weighted by molar-refractivity contribution is 9.10.